The van der Waals surface area contributed by atoms with Crippen LogP contribution < -0.4 is 14.4 Å². The number of thiazole rings is 1. The van der Waals surface area contributed by atoms with E-state index in [9.17, 15) is 14.4 Å². The second kappa shape index (κ2) is 13.2. The summed E-state index contributed by atoms with van der Waals surface area (Å²) in [5.74, 6) is 1.71. The smallest absolute Gasteiger partial charge is 0.273 e. The van der Waals surface area contributed by atoms with Crippen molar-refractivity contribution >= 4 is 34.6 Å². The van der Waals surface area contributed by atoms with Crippen molar-refractivity contribution in [3.63, 3.8) is 0 Å². The molecule has 0 saturated carbocycles. The molecule has 2 saturated heterocycles. The van der Waals surface area contributed by atoms with Crippen LogP contribution >= 0.6 is 11.3 Å². The molecule has 0 N–H and O–H groups in total. The van der Waals surface area contributed by atoms with E-state index >= 15 is 0 Å². The maximum atomic E-state index is 13.2. The number of benzene rings is 2. The van der Waals surface area contributed by atoms with E-state index in [1.54, 1.807) is 38.5 Å². The first-order chi connectivity index (χ1) is 19.9. The van der Waals surface area contributed by atoms with Crippen molar-refractivity contribution in [3.8, 4) is 11.5 Å². The summed E-state index contributed by atoms with van der Waals surface area (Å²) < 4.78 is 10.4. The number of carbonyl (C=O) groups excluding carboxylic acids is 3. The highest BCUT2D eigenvalue weighted by molar-refractivity contribution is 7.09. The standard InChI is InChI=1S/C31H36N4O5S/c1-39-25-7-3-22(4-8-25)28(36)11-12-29(37)34-15-13-23(14-16-34)30-32-27(21-41-30)31(38)35-19-17-33(18-20-35)24-5-9-26(40-2)10-6-24/h3-10,21,23H,11-20H2,1-2H3. The Morgan fingerprint density at radius 3 is 2.02 bits per heavy atom. The molecule has 216 valence electrons. The third-order valence-corrected chi connectivity index (χ3v) is 8.93. The molecule has 2 amide bonds. The van der Waals surface area contributed by atoms with Gasteiger partial charge >= 0.3 is 0 Å². The topological polar surface area (TPSA) is 92.3 Å². The molecule has 0 atom stereocenters. The molecule has 2 aromatic carbocycles. The fourth-order valence-electron chi connectivity index (χ4n) is 5.37. The van der Waals surface area contributed by atoms with Crippen molar-refractivity contribution in [2.45, 2.75) is 31.6 Å². The van der Waals surface area contributed by atoms with Crippen molar-refractivity contribution in [1.29, 1.82) is 0 Å². The average Bonchev–Trinajstić information content (AvgIpc) is 3.54. The van der Waals surface area contributed by atoms with E-state index in [-0.39, 0.29) is 36.4 Å². The van der Waals surface area contributed by atoms with Gasteiger partial charge in [-0.15, -0.1) is 11.3 Å². The number of anilines is 1. The molecule has 5 rings (SSSR count). The molecule has 0 unspecified atom stereocenters. The lowest BCUT2D eigenvalue weighted by Crippen LogP contribution is -2.48. The normalized spacial score (nSPS) is 16.0. The van der Waals surface area contributed by atoms with Crippen LogP contribution in [0.3, 0.4) is 0 Å². The lowest BCUT2D eigenvalue weighted by Gasteiger charge is -2.35. The van der Waals surface area contributed by atoms with E-state index in [4.69, 9.17) is 14.5 Å². The number of Topliss-reactive ketones (excluding diaryl/α,β-unsaturated/α-hetero) is 1. The van der Waals surface area contributed by atoms with Crippen molar-refractivity contribution in [1.82, 2.24) is 14.8 Å². The molecule has 0 spiro atoms. The summed E-state index contributed by atoms with van der Waals surface area (Å²) in [4.78, 5) is 49.2. The first kappa shape index (κ1) is 28.6. The Labute approximate surface area is 244 Å². The van der Waals surface area contributed by atoms with Crippen LogP contribution in [-0.4, -0.2) is 85.9 Å². The van der Waals surface area contributed by atoms with Gasteiger partial charge in [0.05, 0.1) is 19.2 Å². The summed E-state index contributed by atoms with van der Waals surface area (Å²) >= 11 is 1.54. The molecule has 2 aliphatic rings. The Bertz CT molecular complexity index is 1340. The molecule has 0 bridgehead atoms. The van der Waals surface area contributed by atoms with Crippen molar-refractivity contribution in [2.24, 2.45) is 0 Å². The summed E-state index contributed by atoms with van der Waals surface area (Å²) in [5, 5.41) is 2.84. The first-order valence-corrected chi connectivity index (χ1v) is 14.9. The lowest BCUT2D eigenvalue weighted by atomic mass is 9.97. The maximum absolute atomic E-state index is 13.2. The van der Waals surface area contributed by atoms with Crippen molar-refractivity contribution in [3.05, 3.63) is 70.2 Å². The zero-order valence-electron chi connectivity index (χ0n) is 23.6. The Hall–Kier alpha value is -3.92. The van der Waals surface area contributed by atoms with Crippen LogP contribution in [0.5, 0.6) is 11.5 Å². The molecule has 2 fully saturated rings. The second-order valence-electron chi connectivity index (χ2n) is 10.4. The monoisotopic (exact) mass is 576 g/mol. The summed E-state index contributed by atoms with van der Waals surface area (Å²) in [7, 11) is 3.24. The molecule has 3 heterocycles. The van der Waals surface area contributed by atoms with Crippen LogP contribution in [-0.2, 0) is 4.79 Å². The van der Waals surface area contributed by atoms with E-state index in [1.165, 1.54) is 11.3 Å². The number of piperidine rings is 1. The van der Waals surface area contributed by atoms with E-state index in [0.29, 0.717) is 43.2 Å². The number of hydrogen-bond acceptors (Lipinski definition) is 8. The number of carbonyl (C=O) groups is 3. The van der Waals surface area contributed by atoms with E-state index in [0.717, 1.165) is 42.4 Å². The summed E-state index contributed by atoms with van der Waals surface area (Å²) in [6, 6.07) is 15.0. The zero-order valence-corrected chi connectivity index (χ0v) is 24.4. The number of piperazine rings is 1. The predicted octanol–water partition coefficient (Wildman–Crippen LogP) is 4.49. The third-order valence-electron chi connectivity index (χ3n) is 7.92. The van der Waals surface area contributed by atoms with Gasteiger partial charge in [0.25, 0.3) is 5.91 Å². The number of ketones is 1. The highest BCUT2D eigenvalue weighted by Gasteiger charge is 2.28. The van der Waals surface area contributed by atoms with E-state index in [1.807, 2.05) is 39.4 Å². The van der Waals surface area contributed by atoms with Gasteiger partial charge in [-0.3, -0.25) is 14.4 Å². The third kappa shape index (κ3) is 6.87. The number of ether oxygens (including phenoxy) is 2. The number of hydrogen-bond donors (Lipinski definition) is 0. The maximum Gasteiger partial charge on any atom is 0.273 e. The molecule has 9 nitrogen and oxygen atoms in total. The number of likely N-dealkylation sites (tertiary alicyclic amines) is 1. The van der Waals surface area contributed by atoms with Crippen LogP contribution in [0, 0.1) is 0 Å². The van der Waals surface area contributed by atoms with Gasteiger partial charge in [-0.05, 0) is 61.4 Å². The molecular formula is C31H36N4O5S. The van der Waals surface area contributed by atoms with E-state index < -0.39 is 0 Å². The quantitative estimate of drug-likeness (QED) is 0.347. The van der Waals surface area contributed by atoms with Gasteiger partial charge in [-0.1, -0.05) is 0 Å². The molecule has 2 aliphatic heterocycles. The number of nitrogens with zero attached hydrogens (tertiary/aromatic N) is 4. The van der Waals surface area contributed by atoms with Crippen LogP contribution in [0.2, 0.25) is 0 Å². The molecular weight excluding hydrogens is 540 g/mol. The van der Waals surface area contributed by atoms with Crippen LogP contribution in [0.1, 0.15) is 57.5 Å². The van der Waals surface area contributed by atoms with Gasteiger partial charge < -0.3 is 24.2 Å². The number of methoxy groups -OCH3 is 2. The van der Waals surface area contributed by atoms with Gasteiger partial charge in [-0.2, -0.15) is 0 Å². The highest BCUT2D eigenvalue weighted by Crippen LogP contribution is 2.31. The Balaban J connectivity index is 1.06. The summed E-state index contributed by atoms with van der Waals surface area (Å²) in [6.45, 7) is 4.12. The SMILES string of the molecule is COc1ccc(C(=O)CCC(=O)N2CCC(c3nc(C(=O)N4CCN(c5ccc(OC)cc5)CC4)cs3)CC2)cc1. The zero-order chi connectivity index (χ0) is 28.8. The van der Waals surface area contributed by atoms with Gasteiger partial charge in [0.2, 0.25) is 5.91 Å². The first-order valence-electron chi connectivity index (χ1n) is 14.0. The molecule has 3 aromatic rings. The molecule has 1 aromatic heterocycles. The minimum Gasteiger partial charge on any atom is -0.497 e. The number of rotatable bonds is 9. The number of amides is 2. The molecule has 0 aliphatic carbocycles. The fraction of sp³-hybridized carbons (Fsp3) is 0.419. The minimum atomic E-state index is -0.0435. The van der Waals surface area contributed by atoms with E-state index in [2.05, 4.69) is 4.90 Å². The minimum absolute atomic E-state index is 0.00843. The van der Waals surface area contributed by atoms with Crippen molar-refractivity contribution in [2.75, 3.05) is 58.4 Å². The summed E-state index contributed by atoms with van der Waals surface area (Å²) in [6.07, 6.45) is 2.01. The van der Waals surface area contributed by atoms with Gasteiger partial charge in [0.15, 0.2) is 5.78 Å². The van der Waals surface area contributed by atoms with Gasteiger partial charge in [0, 0.05) is 74.7 Å². The van der Waals surface area contributed by atoms with Crippen LogP contribution in [0.25, 0.3) is 0 Å². The molecule has 10 heteroatoms. The summed E-state index contributed by atoms with van der Waals surface area (Å²) in [5.41, 5.74) is 2.23. The Morgan fingerprint density at radius 2 is 1.41 bits per heavy atom. The van der Waals surface area contributed by atoms with Crippen LogP contribution in [0.4, 0.5) is 5.69 Å². The second-order valence-corrected chi connectivity index (χ2v) is 11.2. The van der Waals surface area contributed by atoms with Crippen LogP contribution in [0.15, 0.2) is 53.9 Å². The Kier molecular flexibility index (Phi) is 9.18. The lowest BCUT2D eigenvalue weighted by molar-refractivity contribution is -0.132. The Morgan fingerprint density at radius 1 is 0.805 bits per heavy atom. The number of aromatic nitrogens is 1. The van der Waals surface area contributed by atoms with Gasteiger partial charge in [-0.25, -0.2) is 4.98 Å². The molecule has 0 radical (unpaired) electrons. The fourth-order valence-corrected chi connectivity index (χ4v) is 6.34. The predicted molar refractivity (Wildman–Crippen MR) is 158 cm³/mol. The van der Waals surface area contributed by atoms with Gasteiger partial charge in [0.1, 0.15) is 17.2 Å². The average molecular weight is 577 g/mol. The van der Waals surface area contributed by atoms with Crippen molar-refractivity contribution < 1.29 is 23.9 Å². The largest absolute Gasteiger partial charge is 0.497 e. The molecule has 41 heavy (non-hydrogen) atoms. The highest BCUT2D eigenvalue weighted by atomic mass is 32.1.